The third-order valence-corrected chi connectivity index (χ3v) is 6.50. The number of hydrogen-bond acceptors (Lipinski definition) is 4. The zero-order valence-corrected chi connectivity index (χ0v) is 16.8. The van der Waals surface area contributed by atoms with E-state index in [4.69, 9.17) is 0 Å². The maximum atomic E-state index is 13.4. The number of aromatic nitrogens is 3. The number of carbonyl (C=O) groups is 1. The lowest BCUT2D eigenvalue weighted by molar-refractivity contribution is -0.142. The average Bonchev–Trinajstić information content (AvgIpc) is 3.42. The van der Waals surface area contributed by atoms with Crippen molar-refractivity contribution in [3.8, 4) is 0 Å². The number of likely N-dealkylation sites (tertiary alicyclic amines) is 1. The van der Waals surface area contributed by atoms with Gasteiger partial charge in [-0.15, -0.1) is 11.3 Å². The number of halogens is 3. The lowest BCUT2D eigenvalue weighted by Crippen LogP contribution is -2.27. The number of alkyl halides is 3. The summed E-state index contributed by atoms with van der Waals surface area (Å²) in [6, 6.07) is 12.3. The van der Waals surface area contributed by atoms with E-state index in [1.54, 1.807) is 11.0 Å². The fraction of sp³-hybridized carbons (Fsp3) is 0.286. The van der Waals surface area contributed by atoms with E-state index < -0.39 is 11.9 Å². The number of nitrogens with zero attached hydrogens (tertiary/aromatic N) is 4. The number of rotatable bonds is 2. The summed E-state index contributed by atoms with van der Waals surface area (Å²) < 4.78 is 42.1. The Bertz CT molecular complexity index is 1240. The molecule has 5 rings (SSSR count). The predicted octanol–water partition coefficient (Wildman–Crippen LogP) is 4.90. The van der Waals surface area contributed by atoms with Crippen molar-refractivity contribution in [1.29, 1.82) is 0 Å². The fourth-order valence-electron chi connectivity index (χ4n) is 3.95. The van der Waals surface area contributed by atoms with Crippen LogP contribution in [0.1, 0.15) is 39.1 Å². The van der Waals surface area contributed by atoms with Gasteiger partial charge in [-0.2, -0.15) is 18.3 Å². The Morgan fingerprint density at radius 2 is 2.00 bits per heavy atom. The Kier molecular flexibility index (Phi) is 4.32. The molecule has 0 aliphatic carbocycles. The number of aryl methyl sites for hydroxylation is 1. The van der Waals surface area contributed by atoms with E-state index in [0.29, 0.717) is 30.1 Å². The molecule has 1 saturated heterocycles. The minimum atomic E-state index is -4.52. The van der Waals surface area contributed by atoms with Gasteiger partial charge in [0.2, 0.25) is 0 Å². The van der Waals surface area contributed by atoms with Crippen molar-refractivity contribution in [2.45, 2.75) is 25.4 Å². The number of benzene rings is 1. The first-order valence-electron chi connectivity index (χ1n) is 9.52. The number of hydrogen-bond donors (Lipinski definition) is 0. The van der Waals surface area contributed by atoms with Gasteiger partial charge in [0.1, 0.15) is 5.69 Å². The van der Waals surface area contributed by atoms with Crippen LogP contribution >= 0.6 is 11.3 Å². The fourth-order valence-corrected chi connectivity index (χ4v) is 4.98. The second-order valence-corrected chi connectivity index (χ2v) is 8.59. The van der Waals surface area contributed by atoms with Crippen LogP contribution in [0.4, 0.5) is 13.2 Å². The van der Waals surface area contributed by atoms with Crippen LogP contribution in [-0.2, 0) is 6.18 Å². The van der Waals surface area contributed by atoms with Crippen molar-refractivity contribution in [2.24, 2.45) is 0 Å². The smallest absolute Gasteiger partial charge is 0.337 e. The second kappa shape index (κ2) is 6.80. The summed E-state index contributed by atoms with van der Waals surface area (Å²) in [7, 11) is 0. The third-order valence-electron chi connectivity index (χ3n) is 5.39. The molecule has 0 radical (unpaired) electrons. The molecule has 0 spiro atoms. The molecule has 1 aliphatic heterocycles. The van der Waals surface area contributed by atoms with Gasteiger partial charge < -0.3 is 4.90 Å². The maximum absolute atomic E-state index is 13.4. The molecule has 0 bridgehead atoms. The molecular weight excluding hydrogens is 413 g/mol. The Morgan fingerprint density at radius 1 is 1.20 bits per heavy atom. The van der Waals surface area contributed by atoms with Crippen molar-refractivity contribution >= 4 is 33.0 Å². The molecule has 0 saturated carbocycles. The van der Waals surface area contributed by atoms with Crippen molar-refractivity contribution in [1.82, 2.24) is 19.5 Å². The summed E-state index contributed by atoms with van der Waals surface area (Å²) in [5.74, 6) is -0.168. The molecule has 154 valence electrons. The lowest BCUT2D eigenvalue weighted by atomic mass is 10.1. The average molecular weight is 430 g/mol. The summed E-state index contributed by atoms with van der Waals surface area (Å²) in [5, 5.41) is 5.23. The Hall–Kier alpha value is -2.94. The number of fused-ring (bicyclic) bond motifs is 2. The van der Waals surface area contributed by atoms with E-state index in [1.165, 1.54) is 18.3 Å². The van der Waals surface area contributed by atoms with Gasteiger partial charge in [0, 0.05) is 35.5 Å². The van der Waals surface area contributed by atoms with E-state index in [0.717, 1.165) is 20.7 Å². The quantitative estimate of drug-likeness (QED) is 0.455. The van der Waals surface area contributed by atoms with Crippen LogP contribution in [-0.4, -0.2) is 38.5 Å². The minimum Gasteiger partial charge on any atom is -0.337 e. The van der Waals surface area contributed by atoms with E-state index >= 15 is 0 Å². The van der Waals surface area contributed by atoms with Crippen molar-refractivity contribution < 1.29 is 18.0 Å². The van der Waals surface area contributed by atoms with Crippen LogP contribution in [0.15, 0.2) is 42.5 Å². The molecule has 4 aromatic rings. The zero-order valence-electron chi connectivity index (χ0n) is 16.0. The van der Waals surface area contributed by atoms with Crippen LogP contribution < -0.4 is 0 Å². The van der Waals surface area contributed by atoms with Gasteiger partial charge >= 0.3 is 6.18 Å². The van der Waals surface area contributed by atoms with E-state index in [1.807, 2.05) is 30.3 Å². The summed E-state index contributed by atoms with van der Waals surface area (Å²) in [6.07, 6.45) is -3.87. The first-order valence-corrected chi connectivity index (χ1v) is 10.3. The highest BCUT2D eigenvalue weighted by Gasteiger charge is 2.36. The molecule has 1 atom stereocenters. The highest BCUT2D eigenvalue weighted by Crippen LogP contribution is 2.33. The first kappa shape index (κ1) is 19.0. The highest BCUT2D eigenvalue weighted by atomic mass is 32.1. The second-order valence-electron chi connectivity index (χ2n) is 7.50. The molecule has 0 N–H and O–H groups in total. The Morgan fingerprint density at radius 3 is 2.77 bits per heavy atom. The van der Waals surface area contributed by atoms with Crippen molar-refractivity contribution in [2.75, 3.05) is 13.1 Å². The van der Waals surface area contributed by atoms with Gasteiger partial charge in [-0.3, -0.25) is 4.79 Å². The molecule has 3 aromatic heterocycles. The Balaban J connectivity index is 1.41. The van der Waals surface area contributed by atoms with E-state index in [9.17, 15) is 18.0 Å². The third kappa shape index (κ3) is 3.23. The summed E-state index contributed by atoms with van der Waals surface area (Å²) in [4.78, 5) is 19.6. The molecule has 1 amide bonds. The van der Waals surface area contributed by atoms with E-state index in [2.05, 4.69) is 10.1 Å². The van der Waals surface area contributed by atoms with Gasteiger partial charge in [-0.25, -0.2) is 9.50 Å². The minimum absolute atomic E-state index is 0.0487. The molecular formula is C21H17F3N4OS. The molecule has 1 aliphatic rings. The number of thiophene rings is 1. The Labute approximate surface area is 173 Å². The topological polar surface area (TPSA) is 50.5 Å². The van der Waals surface area contributed by atoms with Crippen molar-refractivity contribution in [3.63, 3.8) is 0 Å². The zero-order chi connectivity index (χ0) is 21.0. The largest absolute Gasteiger partial charge is 0.433 e. The van der Waals surface area contributed by atoms with E-state index in [-0.39, 0.29) is 23.2 Å². The molecule has 30 heavy (non-hydrogen) atoms. The first-order chi connectivity index (χ1) is 14.3. The molecule has 1 aromatic carbocycles. The molecule has 9 heteroatoms. The molecule has 4 heterocycles. The van der Waals surface area contributed by atoms with Gasteiger partial charge in [0.15, 0.2) is 5.65 Å². The summed E-state index contributed by atoms with van der Waals surface area (Å²) in [5.41, 5.74) is 0.151. The monoisotopic (exact) mass is 430 g/mol. The molecule has 1 unspecified atom stereocenters. The lowest BCUT2D eigenvalue weighted by Gasteiger charge is -2.14. The SMILES string of the molecule is Cc1cc(C(F)(F)F)n2nc(C3CCN(C(=O)c4cc5ccccc5s4)C3)cc2n1. The summed E-state index contributed by atoms with van der Waals surface area (Å²) in [6.45, 7) is 2.50. The molecule has 5 nitrogen and oxygen atoms in total. The van der Waals surface area contributed by atoms with Gasteiger partial charge in [0.05, 0.1) is 10.6 Å². The normalized spacial score (nSPS) is 17.3. The van der Waals surface area contributed by atoms with Crippen molar-refractivity contribution in [3.05, 3.63) is 64.4 Å². The van der Waals surface area contributed by atoms with Crippen LogP contribution in [0.25, 0.3) is 15.7 Å². The van der Waals surface area contributed by atoms with Gasteiger partial charge in [-0.1, -0.05) is 18.2 Å². The highest BCUT2D eigenvalue weighted by molar-refractivity contribution is 7.20. The van der Waals surface area contributed by atoms with Gasteiger partial charge in [0.25, 0.3) is 5.91 Å². The van der Waals surface area contributed by atoms with Crippen LogP contribution in [0.2, 0.25) is 0 Å². The molecule has 1 fully saturated rings. The predicted molar refractivity (Wildman–Crippen MR) is 108 cm³/mol. The summed E-state index contributed by atoms with van der Waals surface area (Å²) >= 11 is 1.45. The van der Waals surface area contributed by atoms with Crippen LogP contribution in [0, 0.1) is 6.92 Å². The van der Waals surface area contributed by atoms with Crippen LogP contribution in [0.3, 0.4) is 0 Å². The number of carbonyl (C=O) groups excluding carboxylic acids is 1. The van der Waals surface area contributed by atoms with Crippen LogP contribution in [0.5, 0.6) is 0 Å². The standard InChI is InChI=1S/C21H17F3N4OS/c1-12-8-18(21(22,23)24)28-19(25-12)10-15(26-28)14-6-7-27(11-14)20(29)17-9-13-4-2-3-5-16(13)30-17/h2-5,8-10,14H,6-7,11H2,1H3. The van der Waals surface area contributed by atoms with Gasteiger partial charge in [-0.05, 0) is 36.9 Å². The maximum Gasteiger partial charge on any atom is 0.433 e. The number of amides is 1.